The van der Waals surface area contributed by atoms with Crippen LogP contribution in [0.3, 0.4) is 0 Å². The molecule has 0 heterocycles. The monoisotopic (exact) mass is 437 g/mol. The summed E-state index contributed by atoms with van der Waals surface area (Å²) >= 11 is 5.91. The van der Waals surface area contributed by atoms with Crippen molar-refractivity contribution in [3.63, 3.8) is 0 Å². The van der Waals surface area contributed by atoms with Gasteiger partial charge in [0.25, 0.3) is 0 Å². The molecule has 1 amide bonds. The first-order valence-corrected chi connectivity index (χ1v) is 10.1. The van der Waals surface area contributed by atoms with Gasteiger partial charge >= 0.3 is 0 Å². The van der Waals surface area contributed by atoms with Gasteiger partial charge in [-0.2, -0.15) is 0 Å². The highest BCUT2D eigenvalue weighted by Crippen LogP contribution is 2.30. The summed E-state index contributed by atoms with van der Waals surface area (Å²) in [5.41, 5.74) is 3.46. The SMILES string of the molecule is COc1ccc(C)cc1NC(=O)C=Cc1ccc(OCc2ccc(Cl)cc2)c(OC)c1. The minimum Gasteiger partial charge on any atom is -0.495 e. The van der Waals surface area contributed by atoms with E-state index in [1.807, 2.05) is 67.6 Å². The average molecular weight is 438 g/mol. The number of carbonyl (C=O) groups is 1. The molecule has 0 atom stereocenters. The first-order valence-electron chi connectivity index (χ1n) is 9.67. The number of halogens is 1. The molecular weight excluding hydrogens is 414 g/mol. The lowest BCUT2D eigenvalue weighted by Crippen LogP contribution is -2.09. The number of benzene rings is 3. The number of ether oxygens (including phenoxy) is 3. The summed E-state index contributed by atoms with van der Waals surface area (Å²) in [7, 11) is 3.15. The molecule has 3 aromatic carbocycles. The Bertz CT molecular complexity index is 1080. The van der Waals surface area contributed by atoms with E-state index in [-0.39, 0.29) is 5.91 Å². The van der Waals surface area contributed by atoms with E-state index in [2.05, 4.69) is 5.32 Å². The highest BCUT2D eigenvalue weighted by molar-refractivity contribution is 6.30. The summed E-state index contributed by atoms with van der Waals surface area (Å²) < 4.78 is 16.6. The van der Waals surface area contributed by atoms with Gasteiger partial charge in [0.1, 0.15) is 12.4 Å². The fourth-order valence-corrected chi connectivity index (χ4v) is 3.04. The third-order valence-electron chi connectivity index (χ3n) is 4.54. The Morgan fingerprint density at radius 2 is 1.65 bits per heavy atom. The van der Waals surface area contributed by atoms with E-state index in [9.17, 15) is 4.79 Å². The smallest absolute Gasteiger partial charge is 0.248 e. The molecule has 0 saturated heterocycles. The number of hydrogen-bond acceptors (Lipinski definition) is 4. The predicted octanol–water partition coefficient (Wildman–Crippen LogP) is 5.90. The molecule has 0 spiro atoms. The maximum absolute atomic E-state index is 12.4. The molecular formula is C25H24ClNO4. The molecule has 0 saturated carbocycles. The highest BCUT2D eigenvalue weighted by Gasteiger charge is 2.08. The molecule has 3 aromatic rings. The van der Waals surface area contributed by atoms with E-state index in [1.54, 1.807) is 20.3 Å². The largest absolute Gasteiger partial charge is 0.495 e. The van der Waals surface area contributed by atoms with Crippen LogP contribution in [0.4, 0.5) is 5.69 Å². The standard InChI is InChI=1S/C25H24ClNO4/c1-17-4-11-22(29-2)21(14-17)27-25(28)13-8-18-7-12-23(24(15-18)30-3)31-16-19-5-9-20(26)10-6-19/h4-15H,16H2,1-3H3,(H,27,28). The number of aryl methyl sites for hydroxylation is 1. The summed E-state index contributed by atoms with van der Waals surface area (Å²) in [5.74, 6) is 1.54. The Morgan fingerprint density at radius 3 is 2.35 bits per heavy atom. The summed E-state index contributed by atoms with van der Waals surface area (Å²) in [6.07, 6.45) is 3.17. The first kappa shape index (κ1) is 22.2. The normalized spacial score (nSPS) is 10.7. The first-order chi connectivity index (χ1) is 15.0. The van der Waals surface area contributed by atoms with Gasteiger partial charge in [0, 0.05) is 11.1 Å². The minimum absolute atomic E-state index is 0.258. The van der Waals surface area contributed by atoms with Crippen LogP contribution in [0.5, 0.6) is 17.2 Å². The minimum atomic E-state index is -0.258. The lowest BCUT2D eigenvalue weighted by Gasteiger charge is -2.12. The zero-order chi connectivity index (χ0) is 22.2. The second-order valence-electron chi connectivity index (χ2n) is 6.85. The third-order valence-corrected chi connectivity index (χ3v) is 4.79. The number of rotatable bonds is 8. The van der Waals surface area contributed by atoms with Crippen LogP contribution in [0.1, 0.15) is 16.7 Å². The van der Waals surface area contributed by atoms with Crippen LogP contribution in [0.2, 0.25) is 5.02 Å². The Hall–Kier alpha value is -3.44. The molecule has 6 heteroatoms. The van der Waals surface area contributed by atoms with E-state index in [0.29, 0.717) is 34.6 Å². The summed E-state index contributed by atoms with van der Waals surface area (Å²) in [5, 5.41) is 3.52. The van der Waals surface area contributed by atoms with Crippen molar-refractivity contribution in [3.05, 3.63) is 88.5 Å². The molecule has 0 aliphatic carbocycles. The molecule has 0 bridgehead atoms. The summed E-state index contributed by atoms with van der Waals surface area (Å²) in [6, 6.07) is 18.6. The summed E-state index contributed by atoms with van der Waals surface area (Å²) in [4.78, 5) is 12.4. The van der Waals surface area contributed by atoms with Crippen LogP contribution in [0.15, 0.2) is 66.7 Å². The van der Waals surface area contributed by atoms with Gasteiger partial charge in [-0.1, -0.05) is 35.9 Å². The molecule has 0 unspecified atom stereocenters. The fourth-order valence-electron chi connectivity index (χ4n) is 2.91. The van der Waals surface area contributed by atoms with Crippen molar-refractivity contribution in [2.45, 2.75) is 13.5 Å². The van der Waals surface area contributed by atoms with Gasteiger partial charge in [0.15, 0.2) is 11.5 Å². The third kappa shape index (κ3) is 6.27. The molecule has 0 aliphatic rings. The van der Waals surface area contributed by atoms with Crippen LogP contribution in [-0.2, 0) is 11.4 Å². The Balaban J connectivity index is 1.66. The van der Waals surface area contributed by atoms with E-state index >= 15 is 0 Å². The highest BCUT2D eigenvalue weighted by atomic mass is 35.5. The molecule has 3 rings (SSSR count). The van der Waals surface area contributed by atoms with Gasteiger partial charge in [-0.05, 0) is 66.1 Å². The van der Waals surface area contributed by atoms with E-state index in [1.165, 1.54) is 6.08 Å². The Labute approximate surface area is 187 Å². The van der Waals surface area contributed by atoms with Crippen molar-refractivity contribution < 1.29 is 19.0 Å². The maximum atomic E-state index is 12.4. The van der Waals surface area contributed by atoms with Crippen LogP contribution < -0.4 is 19.5 Å². The molecule has 0 radical (unpaired) electrons. The lowest BCUT2D eigenvalue weighted by molar-refractivity contribution is -0.111. The Morgan fingerprint density at radius 1 is 0.935 bits per heavy atom. The zero-order valence-electron chi connectivity index (χ0n) is 17.6. The van der Waals surface area contributed by atoms with E-state index < -0.39 is 0 Å². The molecule has 0 fully saturated rings. The predicted molar refractivity (Wildman–Crippen MR) is 124 cm³/mol. The number of hydrogen-bond donors (Lipinski definition) is 1. The topological polar surface area (TPSA) is 56.8 Å². The van der Waals surface area contributed by atoms with Gasteiger partial charge in [0.05, 0.1) is 19.9 Å². The molecule has 160 valence electrons. The van der Waals surface area contributed by atoms with Crippen molar-refractivity contribution in [3.8, 4) is 17.2 Å². The summed E-state index contributed by atoms with van der Waals surface area (Å²) in [6.45, 7) is 2.34. The number of amides is 1. The second-order valence-corrected chi connectivity index (χ2v) is 7.29. The number of nitrogens with one attached hydrogen (secondary N) is 1. The average Bonchev–Trinajstić information content (AvgIpc) is 2.77. The molecule has 31 heavy (non-hydrogen) atoms. The number of methoxy groups -OCH3 is 2. The molecule has 1 N–H and O–H groups in total. The molecule has 0 aromatic heterocycles. The van der Waals surface area contributed by atoms with Crippen molar-refractivity contribution in [1.82, 2.24) is 0 Å². The number of anilines is 1. The van der Waals surface area contributed by atoms with Crippen molar-refractivity contribution >= 4 is 29.3 Å². The van der Waals surface area contributed by atoms with E-state index in [0.717, 1.165) is 16.7 Å². The van der Waals surface area contributed by atoms with Gasteiger partial charge in [-0.15, -0.1) is 0 Å². The van der Waals surface area contributed by atoms with Crippen LogP contribution in [-0.4, -0.2) is 20.1 Å². The van der Waals surface area contributed by atoms with Crippen LogP contribution in [0, 0.1) is 6.92 Å². The van der Waals surface area contributed by atoms with E-state index in [4.69, 9.17) is 25.8 Å². The maximum Gasteiger partial charge on any atom is 0.248 e. The van der Waals surface area contributed by atoms with Crippen LogP contribution >= 0.6 is 11.6 Å². The van der Waals surface area contributed by atoms with Crippen molar-refractivity contribution in [1.29, 1.82) is 0 Å². The van der Waals surface area contributed by atoms with Crippen LogP contribution in [0.25, 0.3) is 6.08 Å². The molecule has 0 aliphatic heterocycles. The van der Waals surface area contributed by atoms with Gasteiger partial charge in [-0.25, -0.2) is 0 Å². The Kier molecular flexibility index (Phi) is 7.57. The lowest BCUT2D eigenvalue weighted by atomic mass is 10.1. The van der Waals surface area contributed by atoms with Crippen molar-refractivity contribution in [2.24, 2.45) is 0 Å². The van der Waals surface area contributed by atoms with Gasteiger partial charge in [0.2, 0.25) is 5.91 Å². The van der Waals surface area contributed by atoms with Gasteiger partial charge < -0.3 is 19.5 Å². The number of carbonyl (C=O) groups excluding carboxylic acids is 1. The van der Waals surface area contributed by atoms with Gasteiger partial charge in [-0.3, -0.25) is 4.79 Å². The quantitative estimate of drug-likeness (QED) is 0.446. The zero-order valence-corrected chi connectivity index (χ0v) is 18.4. The molecule has 5 nitrogen and oxygen atoms in total. The van der Waals surface area contributed by atoms with Crippen molar-refractivity contribution in [2.75, 3.05) is 19.5 Å². The fraction of sp³-hybridized carbons (Fsp3) is 0.160. The second kappa shape index (κ2) is 10.5.